The molecule has 0 N–H and O–H groups in total. The molecule has 1 saturated carbocycles. The third-order valence-electron chi connectivity index (χ3n) is 3.52. The van der Waals surface area contributed by atoms with Crippen molar-refractivity contribution in [3.63, 3.8) is 0 Å². The van der Waals surface area contributed by atoms with Crippen LogP contribution in [0.15, 0.2) is 46.2 Å². The van der Waals surface area contributed by atoms with Crippen molar-refractivity contribution in [1.82, 2.24) is 9.13 Å². The van der Waals surface area contributed by atoms with E-state index >= 15 is 0 Å². The molecule has 1 fully saturated rings. The van der Waals surface area contributed by atoms with Crippen LogP contribution in [0.2, 0.25) is 5.02 Å². The van der Waals surface area contributed by atoms with Crippen LogP contribution in [0.4, 0.5) is 0 Å². The molecule has 0 spiro atoms. The number of rotatable bonds is 4. The van der Waals surface area contributed by atoms with Crippen LogP contribution < -0.4 is 11.1 Å². The maximum Gasteiger partial charge on any atom is 0.316 e. The maximum absolute atomic E-state index is 12.1. The normalized spacial score (nSPS) is 14.4. The highest BCUT2D eigenvalue weighted by atomic mass is 35.5. The van der Waals surface area contributed by atoms with Crippen LogP contribution in [0.25, 0.3) is 0 Å². The van der Waals surface area contributed by atoms with E-state index in [2.05, 4.69) is 0 Å². The second kappa shape index (κ2) is 5.29. The number of hydrogen-bond donors (Lipinski definition) is 0. The summed E-state index contributed by atoms with van der Waals surface area (Å²) < 4.78 is 2.95. The summed E-state index contributed by atoms with van der Waals surface area (Å²) in [6.45, 7) is 1.02. The molecule has 0 atom stereocenters. The van der Waals surface area contributed by atoms with Gasteiger partial charge in [0.1, 0.15) is 0 Å². The molecule has 0 saturated heterocycles. The lowest BCUT2D eigenvalue weighted by Gasteiger charge is -2.08. The van der Waals surface area contributed by atoms with Gasteiger partial charge < -0.3 is 9.13 Å². The molecular weight excluding hydrogens is 276 g/mol. The van der Waals surface area contributed by atoms with E-state index in [0.29, 0.717) is 24.0 Å². The fraction of sp³-hybridized carbons (Fsp3) is 0.333. The number of aromatic nitrogens is 2. The second-order valence-electron chi connectivity index (χ2n) is 5.26. The molecule has 4 nitrogen and oxygen atoms in total. The highest BCUT2D eigenvalue weighted by Crippen LogP contribution is 2.29. The summed E-state index contributed by atoms with van der Waals surface area (Å²) in [5, 5.41) is 0.623. The minimum absolute atomic E-state index is 0.360. The summed E-state index contributed by atoms with van der Waals surface area (Å²) in [4.78, 5) is 24.1. The van der Waals surface area contributed by atoms with Gasteiger partial charge >= 0.3 is 11.1 Å². The molecule has 1 aromatic heterocycles. The molecule has 0 aliphatic heterocycles. The van der Waals surface area contributed by atoms with Crippen molar-refractivity contribution >= 4 is 11.6 Å². The fourth-order valence-electron chi connectivity index (χ4n) is 2.22. The molecule has 20 heavy (non-hydrogen) atoms. The van der Waals surface area contributed by atoms with Gasteiger partial charge in [-0.15, -0.1) is 0 Å². The highest BCUT2D eigenvalue weighted by Gasteiger charge is 2.22. The van der Waals surface area contributed by atoms with Crippen LogP contribution in [0.1, 0.15) is 18.4 Å². The molecule has 104 valence electrons. The van der Waals surface area contributed by atoms with Crippen LogP contribution in [0.5, 0.6) is 0 Å². The van der Waals surface area contributed by atoms with Crippen molar-refractivity contribution in [2.24, 2.45) is 5.92 Å². The predicted molar refractivity (Wildman–Crippen MR) is 78.2 cm³/mol. The van der Waals surface area contributed by atoms with E-state index in [4.69, 9.17) is 11.6 Å². The minimum Gasteiger partial charge on any atom is -0.309 e. The number of benzene rings is 1. The van der Waals surface area contributed by atoms with E-state index < -0.39 is 11.1 Å². The molecule has 0 radical (unpaired) electrons. The van der Waals surface area contributed by atoms with E-state index in [9.17, 15) is 9.59 Å². The molecule has 0 amide bonds. The Morgan fingerprint density at radius 1 is 1.10 bits per heavy atom. The largest absolute Gasteiger partial charge is 0.316 e. The van der Waals surface area contributed by atoms with Crippen molar-refractivity contribution < 1.29 is 0 Å². The maximum atomic E-state index is 12.1. The summed E-state index contributed by atoms with van der Waals surface area (Å²) in [6, 6.07) is 7.29. The molecule has 1 aromatic carbocycles. The first kappa shape index (κ1) is 13.2. The number of halogens is 1. The Morgan fingerprint density at radius 3 is 2.50 bits per heavy atom. The molecule has 1 aliphatic rings. The molecule has 0 bridgehead atoms. The van der Waals surface area contributed by atoms with E-state index in [1.54, 1.807) is 24.5 Å². The van der Waals surface area contributed by atoms with Crippen LogP contribution in [0, 0.1) is 5.92 Å². The van der Waals surface area contributed by atoms with E-state index in [1.807, 2.05) is 12.1 Å². The van der Waals surface area contributed by atoms with E-state index in [0.717, 1.165) is 18.4 Å². The first-order valence-corrected chi connectivity index (χ1v) is 7.05. The van der Waals surface area contributed by atoms with Gasteiger partial charge in [0.2, 0.25) is 0 Å². The van der Waals surface area contributed by atoms with Crippen LogP contribution in [-0.4, -0.2) is 9.13 Å². The SMILES string of the molecule is O=c1c(=O)n(CC2CC2)ccn1Cc1cccc(Cl)c1. The Balaban J connectivity index is 1.88. The summed E-state index contributed by atoms with van der Waals surface area (Å²) in [7, 11) is 0. The third kappa shape index (κ3) is 2.85. The third-order valence-corrected chi connectivity index (χ3v) is 3.76. The van der Waals surface area contributed by atoms with Gasteiger partial charge in [-0.3, -0.25) is 9.59 Å². The average molecular weight is 291 g/mol. The molecule has 1 heterocycles. The van der Waals surface area contributed by atoms with Gasteiger partial charge in [0, 0.05) is 24.0 Å². The standard InChI is InChI=1S/C15H15ClN2O2/c16-13-3-1-2-12(8-13)10-18-7-6-17(9-11-4-5-11)14(19)15(18)20/h1-3,6-8,11H,4-5,9-10H2. The smallest absolute Gasteiger partial charge is 0.309 e. The first-order chi connectivity index (χ1) is 9.63. The van der Waals surface area contributed by atoms with Crippen LogP contribution in [0.3, 0.4) is 0 Å². The fourth-order valence-corrected chi connectivity index (χ4v) is 2.43. The Morgan fingerprint density at radius 2 is 1.80 bits per heavy atom. The van der Waals surface area contributed by atoms with Gasteiger partial charge in [0.25, 0.3) is 0 Å². The zero-order chi connectivity index (χ0) is 14.1. The quantitative estimate of drug-likeness (QED) is 0.810. The molecule has 0 unspecified atom stereocenters. The van der Waals surface area contributed by atoms with Gasteiger partial charge in [-0.25, -0.2) is 0 Å². The lowest BCUT2D eigenvalue weighted by molar-refractivity contribution is 0.578. The Kier molecular flexibility index (Phi) is 3.49. The van der Waals surface area contributed by atoms with Gasteiger partial charge in [0.05, 0.1) is 6.54 Å². The van der Waals surface area contributed by atoms with Crippen LogP contribution >= 0.6 is 11.6 Å². The topological polar surface area (TPSA) is 44.0 Å². The molecule has 3 rings (SSSR count). The van der Waals surface area contributed by atoms with Gasteiger partial charge in [-0.05, 0) is 36.5 Å². The van der Waals surface area contributed by atoms with Crippen molar-refractivity contribution in [2.45, 2.75) is 25.9 Å². The highest BCUT2D eigenvalue weighted by molar-refractivity contribution is 6.30. The van der Waals surface area contributed by atoms with E-state index in [1.165, 1.54) is 9.13 Å². The minimum atomic E-state index is -0.479. The zero-order valence-corrected chi connectivity index (χ0v) is 11.7. The zero-order valence-electron chi connectivity index (χ0n) is 11.0. The first-order valence-electron chi connectivity index (χ1n) is 6.68. The molecule has 2 aromatic rings. The summed E-state index contributed by atoms with van der Waals surface area (Å²) in [5.74, 6) is 0.566. The van der Waals surface area contributed by atoms with Gasteiger partial charge in [0.15, 0.2) is 0 Å². The second-order valence-corrected chi connectivity index (χ2v) is 5.70. The van der Waals surface area contributed by atoms with Crippen molar-refractivity contribution in [2.75, 3.05) is 0 Å². The van der Waals surface area contributed by atoms with Crippen molar-refractivity contribution in [3.05, 3.63) is 68.0 Å². The van der Waals surface area contributed by atoms with Gasteiger partial charge in [-0.2, -0.15) is 0 Å². The Hall–Kier alpha value is -1.81. The molecular formula is C15H15ClN2O2. The van der Waals surface area contributed by atoms with Crippen LogP contribution in [-0.2, 0) is 13.1 Å². The summed E-state index contributed by atoms with van der Waals surface area (Å²) in [6.07, 6.45) is 5.68. The summed E-state index contributed by atoms with van der Waals surface area (Å²) in [5.41, 5.74) is -0.0199. The molecule has 1 aliphatic carbocycles. The summed E-state index contributed by atoms with van der Waals surface area (Å²) >= 11 is 5.92. The predicted octanol–water partition coefficient (Wildman–Crippen LogP) is 2.12. The Bertz CT molecular complexity index is 744. The van der Waals surface area contributed by atoms with Gasteiger partial charge in [-0.1, -0.05) is 23.7 Å². The Labute approximate surface area is 121 Å². The average Bonchev–Trinajstić information content (AvgIpc) is 3.23. The van der Waals surface area contributed by atoms with Crippen molar-refractivity contribution in [3.8, 4) is 0 Å². The van der Waals surface area contributed by atoms with Crippen molar-refractivity contribution in [1.29, 1.82) is 0 Å². The number of hydrogen-bond acceptors (Lipinski definition) is 2. The lowest BCUT2D eigenvalue weighted by atomic mass is 10.2. The molecule has 5 heteroatoms. The monoisotopic (exact) mass is 290 g/mol. The lowest BCUT2D eigenvalue weighted by Crippen LogP contribution is -2.41. The van der Waals surface area contributed by atoms with E-state index in [-0.39, 0.29) is 0 Å². The number of nitrogens with zero attached hydrogens (tertiary/aromatic N) is 2.